The molecule has 0 aliphatic carbocycles. The fraction of sp³-hybridized carbons (Fsp3) is 0.625. The van der Waals surface area contributed by atoms with Crippen molar-refractivity contribution in [1.29, 1.82) is 0 Å². The van der Waals surface area contributed by atoms with Gasteiger partial charge in [-0.25, -0.2) is 0 Å². The van der Waals surface area contributed by atoms with Gasteiger partial charge >= 0.3 is 0 Å². The van der Waals surface area contributed by atoms with E-state index in [1.54, 1.807) is 0 Å². The molecule has 0 radical (unpaired) electrons. The number of halogens is 1. The Labute approximate surface area is 130 Å². The van der Waals surface area contributed by atoms with E-state index in [0.29, 0.717) is 6.04 Å². The van der Waals surface area contributed by atoms with E-state index in [1.165, 1.54) is 5.56 Å². The fourth-order valence-electron chi connectivity index (χ4n) is 2.99. The van der Waals surface area contributed by atoms with Gasteiger partial charge in [-0.15, -0.1) is 0 Å². The van der Waals surface area contributed by atoms with Crippen LogP contribution < -0.4 is 5.73 Å². The Morgan fingerprint density at radius 2 is 1.90 bits per heavy atom. The number of likely N-dealkylation sites (N-methyl/N-ethyl adjacent to an activating group) is 1. The molecule has 3 nitrogen and oxygen atoms in total. The molecule has 1 aliphatic heterocycles. The molecule has 4 heteroatoms. The SMILES string of the molecule is CCC(N)C(c1ccc(Br)cc1)N(C)C1CCOCC1. The summed E-state index contributed by atoms with van der Waals surface area (Å²) in [7, 11) is 2.21. The van der Waals surface area contributed by atoms with Gasteiger partial charge in [-0.2, -0.15) is 0 Å². The normalized spacial score (nSPS) is 20.1. The van der Waals surface area contributed by atoms with Crippen LogP contribution in [0.4, 0.5) is 0 Å². The molecule has 112 valence electrons. The molecule has 1 aliphatic rings. The number of ether oxygens (including phenoxy) is 1. The maximum absolute atomic E-state index is 6.41. The van der Waals surface area contributed by atoms with Gasteiger partial charge in [-0.1, -0.05) is 35.0 Å². The summed E-state index contributed by atoms with van der Waals surface area (Å²) in [5.74, 6) is 0. The zero-order chi connectivity index (χ0) is 14.5. The van der Waals surface area contributed by atoms with Crippen LogP contribution in [0.25, 0.3) is 0 Å². The second kappa shape index (κ2) is 7.55. The predicted molar refractivity (Wildman–Crippen MR) is 86.8 cm³/mol. The van der Waals surface area contributed by atoms with Crippen molar-refractivity contribution < 1.29 is 4.74 Å². The van der Waals surface area contributed by atoms with Crippen molar-refractivity contribution in [3.63, 3.8) is 0 Å². The molecule has 2 atom stereocenters. The minimum Gasteiger partial charge on any atom is -0.381 e. The molecular formula is C16H25BrN2O. The summed E-state index contributed by atoms with van der Waals surface area (Å²) in [5, 5.41) is 0. The van der Waals surface area contributed by atoms with Crippen LogP contribution >= 0.6 is 15.9 Å². The van der Waals surface area contributed by atoms with Crippen LogP contribution in [-0.2, 0) is 4.74 Å². The number of hydrogen-bond donors (Lipinski definition) is 1. The lowest BCUT2D eigenvalue weighted by Crippen LogP contribution is -2.45. The summed E-state index contributed by atoms with van der Waals surface area (Å²) in [6.45, 7) is 3.89. The first kappa shape index (κ1) is 16.0. The minimum absolute atomic E-state index is 0.157. The lowest BCUT2D eigenvalue weighted by Gasteiger charge is -2.40. The zero-order valence-corrected chi connectivity index (χ0v) is 14.0. The van der Waals surface area contributed by atoms with Gasteiger partial charge in [0, 0.05) is 35.8 Å². The summed E-state index contributed by atoms with van der Waals surface area (Å²) in [5.41, 5.74) is 7.71. The van der Waals surface area contributed by atoms with Crippen LogP contribution in [-0.4, -0.2) is 37.2 Å². The molecule has 0 amide bonds. The highest BCUT2D eigenvalue weighted by Crippen LogP contribution is 2.29. The van der Waals surface area contributed by atoms with Crippen molar-refractivity contribution in [3.8, 4) is 0 Å². The highest BCUT2D eigenvalue weighted by atomic mass is 79.9. The van der Waals surface area contributed by atoms with Gasteiger partial charge in [-0.05, 0) is 44.0 Å². The average molecular weight is 341 g/mol. The molecule has 0 saturated carbocycles. The molecule has 1 fully saturated rings. The van der Waals surface area contributed by atoms with Gasteiger partial charge in [0.25, 0.3) is 0 Å². The fourth-order valence-corrected chi connectivity index (χ4v) is 3.25. The Morgan fingerprint density at radius 3 is 2.45 bits per heavy atom. The molecule has 0 spiro atoms. The van der Waals surface area contributed by atoms with Crippen molar-refractivity contribution in [3.05, 3.63) is 34.3 Å². The van der Waals surface area contributed by atoms with E-state index in [2.05, 4.69) is 59.1 Å². The first-order chi connectivity index (χ1) is 9.63. The lowest BCUT2D eigenvalue weighted by molar-refractivity contribution is 0.0233. The Hall–Kier alpha value is -0.420. The molecule has 1 saturated heterocycles. The molecule has 2 unspecified atom stereocenters. The molecule has 2 rings (SSSR count). The molecule has 2 N–H and O–H groups in total. The van der Waals surface area contributed by atoms with Crippen LogP contribution in [0.5, 0.6) is 0 Å². The lowest BCUT2D eigenvalue weighted by atomic mass is 9.94. The van der Waals surface area contributed by atoms with E-state index in [0.717, 1.165) is 36.9 Å². The van der Waals surface area contributed by atoms with Crippen LogP contribution in [0, 0.1) is 0 Å². The molecular weight excluding hydrogens is 316 g/mol. The largest absolute Gasteiger partial charge is 0.381 e. The summed E-state index contributed by atoms with van der Waals surface area (Å²) in [6, 6.07) is 9.56. The van der Waals surface area contributed by atoms with E-state index < -0.39 is 0 Å². The third kappa shape index (κ3) is 3.82. The van der Waals surface area contributed by atoms with Crippen LogP contribution in [0.3, 0.4) is 0 Å². The highest BCUT2D eigenvalue weighted by molar-refractivity contribution is 9.10. The van der Waals surface area contributed by atoms with E-state index in [4.69, 9.17) is 10.5 Å². The number of nitrogens with zero attached hydrogens (tertiary/aromatic N) is 1. The van der Waals surface area contributed by atoms with Crippen LogP contribution in [0.15, 0.2) is 28.7 Å². The number of hydrogen-bond acceptors (Lipinski definition) is 3. The average Bonchev–Trinajstić information content (AvgIpc) is 2.50. The van der Waals surface area contributed by atoms with Gasteiger partial charge in [0.1, 0.15) is 0 Å². The molecule has 1 aromatic rings. The molecule has 20 heavy (non-hydrogen) atoms. The van der Waals surface area contributed by atoms with E-state index >= 15 is 0 Å². The summed E-state index contributed by atoms with van der Waals surface area (Å²) in [4.78, 5) is 2.46. The second-order valence-electron chi connectivity index (χ2n) is 5.58. The zero-order valence-electron chi connectivity index (χ0n) is 12.4. The van der Waals surface area contributed by atoms with E-state index in [-0.39, 0.29) is 12.1 Å². The quantitative estimate of drug-likeness (QED) is 0.893. The monoisotopic (exact) mass is 340 g/mol. The third-order valence-corrected chi connectivity index (χ3v) is 4.82. The van der Waals surface area contributed by atoms with Crippen molar-refractivity contribution in [2.75, 3.05) is 20.3 Å². The Morgan fingerprint density at radius 1 is 1.30 bits per heavy atom. The number of benzene rings is 1. The third-order valence-electron chi connectivity index (χ3n) is 4.29. The van der Waals surface area contributed by atoms with Gasteiger partial charge in [-0.3, -0.25) is 4.90 Å². The highest BCUT2D eigenvalue weighted by Gasteiger charge is 2.29. The van der Waals surface area contributed by atoms with Gasteiger partial charge < -0.3 is 10.5 Å². The standard InChI is InChI=1S/C16H25BrN2O/c1-3-15(18)16(12-4-6-13(17)7-5-12)19(2)14-8-10-20-11-9-14/h4-7,14-16H,3,8-11,18H2,1-2H3. The Kier molecular flexibility index (Phi) is 6.02. The topological polar surface area (TPSA) is 38.5 Å². The maximum Gasteiger partial charge on any atom is 0.0498 e. The molecule has 1 aromatic carbocycles. The number of rotatable bonds is 5. The van der Waals surface area contributed by atoms with E-state index in [1.807, 2.05) is 0 Å². The van der Waals surface area contributed by atoms with Crippen molar-refractivity contribution in [2.24, 2.45) is 5.73 Å². The Bertz CT molecular complexity index is 403. The first-order valence-electron chi connectivity index (χ1n) is 7.44. The Balaban J connectivity index is 2.19. The van der Waals surface area contributed by atoms with Gasteiger partial charge in [0.05, 0.1) is 0 Å². The first-order valence-corrected chi connectivity index (χ1v) is 8.23. The van der Waals surface area contributed by atoms with Crippen LogP contribution in [0.2, 0.25) is 0 Å². The van der Waals surface area contributed by atoms with Gasteiger partial charge in [0.2, 0.25) is 0 Å². The van der Waals surface area contributed by atoms with Crippen molar-refractivity contribution in [2.45, 2.75) is 44.3 Å². The smallest absolute Gasteiger partial charge is 0.0498 e. The van der Waals surface area contributed by atoms with Crippen molar-refractivity contribution >= 4 is 15.9 Å². The van der Waals surface area contributed by atoms with Crippen molar-refractivity contribution in [1.82, 2.24) is 4.90 Å². The molecule has 1 heterocycles. The predicted octanol–water partition coefficient (Wildman–Crippen LogP) is 3.34. The summed E-state index contributed by atoms with van der Waals surface area (Å²) in [6.07, 6.45) is 3.17. The molecule has 0 aromatic heterocycles. The maximum atomic E-state index is 6.41. The molecule has 0 bridgehead atoms. The van der Waals surface area contributed by atoms with E-state index in [9.17, 15) is 0 Å². The minimum atomic E-state index is 0.157. The second-order valence-corrected chi connectivity index (χ2v) is 6.49. The van der Waals surface area contributed by atoms with Crippen LogP contribution in [0.1, 0.15) is 37.8 Å². The summed E-state index contributed by atoms with van der Waals surface area (Å²) >= 11 is 3.50. The number of nitrogens with two attached hydrogens (primary N) is 1. The summed E-state index contributed by atoms with van der Waals surface area (Å²) < 4.78 is 6.58. The van der Waals surface area contributed by atoms with Gasteiger partial charge in [0.15, 0.2) is 0 Å².